The molecule has 0 spiro atoms. The number of rotatable bonds is 4. The van der Waals surface area contributed by atoms with E-state index in [0.717, 1.165) is 90.0 Å². The number of thiophene rings is 2. The van der Waals surface area contributed by atoms with Crippen molar-refractivity contribution in [3.05, 3.63) is 193 Å². The van der Waals surface area contributed by atoms with Gasteiger partial charge >= 0.3 is 12.4 Å². The number of aromatic nitrogens is 2. The molecule has 0 atom stereocenters. The molecule has 0 unspecified atom stereocenters. The fourth-order valence-corrected chi connectivity index (χ4v) is 13.0. The lowest BCUT2D eigenvalue weighted by atomic mass is 9.86. The van der Waals surface area contributed by atoms with Gasteiger partial charge in [0.25, 0.3) is 0 Å². The normalized spacial score (nSPS) is 12.5. The molecule has 0 radical (unpaired) electrons. The van der Waals surface area contributed by atoms with E-state index in [1.54, 1.807) is 53.0 Å². The highest BCUT2D eigenvalue weighted by molar-refractivity contribution is 7.27. The maximum atomic E-state index is 15.3. The standard InChI is InChI=1S/C57H29F6N3S2/c58-56(59,60)42-14-9-15-43(57(61,62)63)51(42)35-22-21-32(65-44-16-5-1-12-38(44)52-47(65)26-23-36-33-10-3-7-18-49(33)67-54(36)52)29-40(35)41-28-31(30-64)20-25-46(41)66-45-17-6-2-13-39(45)53-48(66)27-24-37-34-11-4-8-19-50(34)68-55(37)53/h1-29H. The molecule has 4 heterocycles. The van der Waals surface area contributed by atoms with Gasteiger partial charge in [0.05, 0.1) is 50.5 Å². The minimum atomic E-state index is -5.16. The quantitative estimate of drug-likeness (QED) is 0.162. The van der Waals surface area contributed by atoms with Crippen LogP contribution in [0.2, 0.25) is 0 Å². The number of halogens is 6. The van der Waals surface area contributed by atoms with Gasteiger partial charge in [-0.2, -0.15) is 31.6 Å². The summed E-state index contributed by atoms with van der Waals surface area (Å²) in [5.74, 6) is 0. The molecule has 3 nitrogen and oxygen atoms in total. The molecule has 68 heavy (non-hydrogen) atoms. The number of fused-ring (bicyclic) bond motifs is 14. The summed E-state index contributed by atoms with van der Waals surface area (Å²) in [5.41, 5.74) is 0.575. The van der Waals surface area contributed by atoms with E-state index < -0.39 is 29.0 Å². The molecule has 0 aliphatic heterocycles. The second-order valence-corrected chi connectivity index (χ2v) is 19.0. The molecule has 0 saturated carbocycles. The van der Waals surface area contributed by atoms with Gasteiger partial charge in [-0.25, -0.2) is 0 Å². The van der Waals surface area contributed by atoms with Crippen LogP contribution in [0.5, 0.6) is 0 Å². The molecule has 0 aliphatic carbocycles. The van der Waals surface area contributed by atoms with Crippen molar-refractivity contribution in [3.8, 4) is 39.7 Å². The van der Waals surface area contributed by atoms with Gasteiger partial charge in [0, 0.05) is 78.7 Å². The number of hydrogen-bond donors (Lipinski definition) is 0. The fourth-order valence-electron chi connectivity index (χ4n) is 10.5. The SMILES string of the molecule is N#Cc1ccc(-n2c3ccccc3c3c4sc5ccccc5c4ccc32)c(-c2cc(-n3c4ccccc4c4c5sc6ccccc6c5ccc43)ccc2-c2c(C(F)(F)F)cccc2C(F)(F)F)c1. The van der Waals surface area contributed by atoms with Crippen LogP contribution in [0.1, 0.15) is 16.7 Å². The van der Waals surface area contributed by atoms with Crippen molar-refractivity contribution in [1.29, 1.82) is 5.26 Å². The van der Waals surface area contributed by atoms with Gasteiger partial charge in [0.1, 0.15) is 0 Å². The zero-order chi connectivity index (χ0) is 46.2. The van der Waals surface area contributed by atoms with Crippen LogP contribution in [0.3, 0.4) is 0 Å². The number of benzene rings is 9. The van der Waals surface area contributed by atoms with Crippen molar-refractivity contribution in [3.63, 3.8) is 0 Å². The average molecular weight is 934 g/mol. The monoisotopic (exact) mass is 933 g/mol. The zero-order valence-corrected chi connectivity index (χ0v) is 36.8. The molecule has 0 N–H and O–H groups in total. The summed E-state index contributed by atoms with van der Waals surface area (Å²) in [7, 11) is 0. The number of alkyl halides is 6. The summed E-state index contributed by atoms with van der Waals surface area (Å²) >= 11 is 3.33. The van der Waals surface area contributed by atoms with Gasteiger partial charge in [-0.05, 0) is 90.0 Å². The third kappa shape index (κ3) is 5.84. The summed E-state index contributed by atoms with van der Waals surface area (Å²) < 4.78 is 99.9. The summed E-state index contributed by atoms with van der Waals surface area (Å²) in [6.07, 6.45) is -10.3. The second-order valence-electron chi connectivity index (χ2n) is 16.9. The topological polar surface area (TPSA) is 33.6 Å². The molecular formula is C57H29F6N3S2. The molecule has 326 valence electrons. The highest BCUT2D eigenvalue weighted by Crippen LogP contribution is 2.51. The number of para-hydroxylation sites is 2. The summed E-state index contributed by atoms with van der Waals surface area (Å²) in [6, 6.07) is 54.2. The highest BCUT2D eigenvalue weighted by atomic mass is 32.1. The lowest BCUT2D eigenvalue weighted by molar-refractivity contribution is -0.142. The van der Waals surface area contributed by atoms with Crippen molar-refractivity contribution in [2.24, 2.45) is 0 Å². The van der Waals surface area contributed by atoms with Crippen LogP contribution >= 0.6 is 22.7 Å². The Hall–Kier alpha value is -7.91. The summed E-state index contributed by atoms with van der Waals surface area (Å²) in [6.45, 7) is 0. The molecule has 13 aromatic rings. The van der Waals surface area contributed by atoms with Gasteiger partial charge in [-0.3, -0.25) is 0 Å². The van der Waals surface area contributed by atoms with E-state index in [1.807, 2.05) is 94.1 Å². The lowest BCUT2D eigenvalue weighted by Crippen LogP contribution is -2.14. The third-order valence-electron chi connectivity index (χ3n) is 13.2. The molecule has 4 aromatic heterocycles. The first-order valence-corrected chi connectivity index (χ1v) is 23.2. The Morgan fingerprint density at radius 2 is 0.926 bits per heavy atom. The Labute approximate surface area is 390 Å². The van der Waals surface area contributed by atoms with E-state index in [9.17, 15) is 5.26 Å². The van der Waals surface area contributed by atoms with E-state index in [4.69, 9.17) is 0 Å². The molecule has 0 amide bonds. The highest BCUT2D eigenvalue weighted by Gasteiger charge is 2.42. The molecule has 0 bridgehead atoms. The van der Waals surface area contributed by atoms with Crippen LogP contribution < -0.4 is 0 Å². The fraction of sp³-hybridized carbons (Fsp3) is 0.0351. The minimum absolute atomic E-state index is 0.0829. The summed E-state index contributed by atoms with van der Waals surface area (Å²) in [5, 5.41) is 18.6. The Balaban J connectivity index is 1.17. The molecule has 0 fully saturated rings. The van der Waals surface area contributed by atoms with E-state index in [0.29, 0.717) is 23.5 Å². The Bertz CT molecular complexity index is 4300. The van der Waals surface area contributed by atoms with Crippen molar-refractivity contribution in [2.45, 2.75) is 12.4 Å². The second kappa shape index (κ2) is 14.5. The Kier molecular flexibility index (Phi) is 8.63. The smallest absolute Gasteiger partial charge is 0.309 e. The van der Waals surface area contributed by atoms with Gasteiger partial charge in [-0.15, -0.1) is 22.7 Å². The Morgan fingerprint density at radius 1 is 0.412 bits per heavy atom. The third-order valence-corrected chi connectivity index (χ3v) is 15.6. The summed E-state index contributed by atoms with van der Waals surface area (Å²) in [4.78, 5) is 0. The van der Waals surface area contributed by atoms with E-state index >= 15 is 26.3 Å². The molecule has 0 saturated heterocycles. The molecule has 11 heteroatoms. The van der Waals surface area contributed by atoms with Crippen molar-refractivity contribution < 1.29 is 26.3 Å². The Morgan fingerprint density at radius 3 is 1.49 bits per heavy atom. The predicted octanol–water partition coefficient (Wildman–Crippen LogP) is 17.9. The first kappa shape index (κ1) is 40.4. The van der Waals surface area contributed by atoms with Crippen molar-refractivity contribution in [1.82, 2.24) is 9.13 Å². The molecule has 9 aromatic carbocycles. The van der Waals surface area contributed by atoms with Crippen LogP contribution in [0.25, 0.3) is 118 Å². The van der Waals surface area contributed by atoms with Crippen molar-refractivity contribution in [2.75, 3.05) is 0 Å². The minimum Gasteiger partial charge on any atom is -0.309 e. The van der Waals surface area contributed by atoms with Crippen LogP contribution in [-0.4, -0.2) is 9.13 Å². The number of nitrogens with zero attached hydrogens (tertiary/aromatic N) is 3. The lowest BCUT2D eigenvalue weighted by Gasteiger charge is -2.23. The van der Waals surface area contributed by atoms with Gasteiger partial charge in [-0.1, -0.05) is 97.1 Å². The van der Waals surface area contributed by atoms with Crippen LogP contribution in [0, 0.1) is 11.3 Å². The van der Waals surface area contributed by atoms with Gasteiger partial charge in [0.2, 0.25) is 0 Å². The van der Waals surface area contributed by atoms with Gasteiger partial charge < -0.3 is 9.13 Å². The van der Waals surface area contributed by atoms with E-state index in [2.05, 4.69) is 42.5 Å². The van der Waals surface area contributed by atoms with Gasteiger partial charge in [0.15, 0.2) is 0 Å². The van der Waals surface area contributed by atoms with E-state index in [1.165, 1.54) is 6.07 Å². The first-order valence-electron chi connectivity index (χ1n) is 21.6. The van der Waals surface area contributed by atoms with Crippen LogP contribution in [0.15, 0.2) is 176 Å². The maximum absolute atomic E-state index is 15.3. The van der Waals surface area contributed by atoms with Crippen LogP contribution in [-0.2, 0) is 12.4 Å². The maximum Gasteiger partial charge on any atom is 0.417 e. The predicted molar refractivity (Wildman–Crippen MR) is 266 cm³/mol. The first-order chi connectivity index (χ1) is 33.0. The molecule has 13 rings (SSSR count). The van der Waals surface area contributed by atoms with Crippen LogP contribution in [0.4, 0.5) is 26.3 Å². The largest absolute Gasteiger partial charge is 0.417 e. The van der Waals surface area contributed by atoms with Crippen molar-refractivity contribution >= 4 is 107 Å². The molecule has 0 aliphatic rings. The number of hydrogen-bond acceptors (Lipinski definition) is 3. The van der Waals surface area contributed by atoms with E-state index in [-0.39, 0.29) is 22.3 Å². The zero-order valence-electron chi connectivity index (χ0n) is 35.2. The molecular weight excluding hydrogens is 905 g/mol. The number of nitriles is 1. The average Bonchev–Trinajstić information content (AvgIpc) is 4.10.